The summed E-state index contributed by atoms with van der Waals surface area (Å²) in [4.78, 5) is 4.48. The third kappa shape index (κ3) is 4.13. The van der Waals surface area contributed by atoms with Gasteiger partial charge in [0.15, 0.2) is 0 Å². The highest BCUT2D eigenvalue weighted by molar-refractivity contribution is 8.14. The molecule has 0 heterocycles. The lowest BCUT2D eigenvalue weighted by Crippen LogP contribution is -1.92. The lowest BCUT2D eigenvalue weighted by molar-refractivity contribution is 1.12. The zero-order valence-corrected chi connectivity index (χ0v) is 9.14. The van der Waals surface area contributed by atoms with Gasteiger partial charge in [-0.2, -0.15) is 0 Å². The summed E-state index contributed by atoms with van der Waals surface area (Å²) in [5, 5.41) is 1.73. The number of nitrogens with zero attached hydrogens (tertiary/aromatic N) is 1. The molecule has 0 radical (unpaired) electrons. The molecule has 0 unspecified atom stereocenters. The average molecular weight is 193 g/mol. The van der Waals surface area contributed by atoms with Gasteiger partial charge in [-0.15, -0.1) is 11.8 Å². The Labute approximate surface area is 84.3 Å². The van der Waals surface area contributed by atoms with Crippen LogP contribution in [0.15, 0.2) is 35.3 Å². The smallest absolute Gasteiger partial charge is 0.0710 e. The average Bonchev–Trinajstić information content (AvgIpc) is 2.04. The first-order chi connectivity index (χ1) is 6.18. The van der Waals surface area contributed by atoms with Gasteiger partial charge in [0.25, 0.3) is 0 Å². The zero-order valence-electron chi connectivity index (χ0n) is 8.32. The van der Waals surface area contributed by atoms with E-state index in [-0.39, 0.29) is 0 Å². The van der Waals surface area contributed by atoms with E-state index < -0.39 is 0 Å². The molecule has 0 spiro atoms. The third-order valence-electron chi connectivity index (χ3n) is 1.45. The molecule has 0 saturated carbocycles. The monoisotopic (exact) mass is 193 g/mol. The maximum Gasteiger partial charge on any atom is 0.0710 e. The maximum absolute atomic E-state index is 4.48. The van der Waals surface area contributed by atoms with Crippen LogP contribution in [0.3, 0.4) is 0 Å². The van der Waals surface area contributed by atoms with Crippen LogP contribution in [-0.4, -0.2) is 10.3 Å². The van der Waals surface area contributed by atoms with E-state index in [0.29, 0.717) is 5.25 Å². The van der Waals surface area contributed by atoms with Crippen LogP contribution in [0.2, 0.25) is 0 Å². The summed E-state index contributed by atoms with van der Waals surface area (Å²) in [5.74, 6) is 0. The van der Waals surface area contributed by atoms with E-state index in [1.54, 1.807) is 11.8 Å². The largest absolute Gasteiger partial charge is 0.247 e. The van der Waals surface area contributed by atoms with Crippen LogP contribution in [0.5, 0.6) is 0 Å². The SMILES string of the molecule is CC(=Nc1ccccc1)SC(C)C. The number of thioether (sulfide) groups is 1. The molecule has 0 aromatic heterocycles. The van der Waals surface area contributed by atoms with Crippen molar-refractivity contribution in [2.45, 2.75) is 26.0 Å². The summed E-state index contributed by atoms with van der Waals surface area (Å²) in [7, 11) is 0. The molecule has 1 rings (SSSR count). The predicted molar refractivity (Wildman–Crippen MR) is 61.9 cm³/mol. The molecular formula is C11H15NS. The van der Waals surface area contributed by atoms with Crippen LogP contribution in [0.25, 0.3) is 0 Å². The van der Waals surface area contributed by atoms with Gasteiger partial charge < -0.3 is 0 Å². The van der Waals surface area contributed by atoms with Crippen molar-refractivity contribution in [3.63, 3.8) is 0 Å². The summed E-state index contributed by atoms with van der Waals surface area (Å²) >= 11 is 1.80. The van der Waals surface area contributed by atoms with Crippen molar-refractivity contribution in [1.29, 1.82) is 0 Å². The number of para-hydroxylation sites is 1. The van der Waals surface area contributed by atoms with Gasteiger partial charge in [0, 0.05) is 5.25 Å². The van der Waals surface area contributed by atoms with Crippen LogP contribution < -0.4 is 0 Å². The number of hydrogen-bond donors (Lipinski definition) is 0. The molecule has 70 valence electrons. The summed E-state index contributed by atoms with van der Waals surface area (Å²) in [6, 6.07) is 10.1. The van der Waals surface area contributed by atoms with Crippen LogP contribution in [0.1, 0.15) is 20.8 Å². The first-order valence-corrected chi connectivity index (χ1v) is 5.33. The van der Waals surface area contributed by atoms with Crippen molar-refractivity contribution in [3.8, 4) is 0 Å². The molecule has 0 aliphatic carbocycles. The molecule has 0 atom stereocenters. The molecule has 0 fully saturated rings. The minimum atomic E-state index is 0.604. The molecule has 13 heavy (non-hydrogen) atoms. The highest BCUT2D eigenvalue weighted by Gasteiger charge is 1.97. The van der Waals surface area contributed by atoms with Gasteiger partial charge in [0.05, 0.1) is 10.7 Å². The second-order valence-electron chi connectivity index (χ2n) is 3.13. The van der Waals surface area contributed by atoms with E-state index in [2.05, 4.69) is 25.8 Å². The molecule has 1 nitrogen and oxygen atoms in total. The van der Waals surface area contributed by atoms with Gasteiger partial charge in [-0.05, 0) is 19.1 Å². The molecule has 1 aromatic rings. The molecule has 0 aliphatic heterocycles. The van der Waals surface area contributed by atoms with E-state index >= 15 is 0 Å². The summed E-state index contributed by atoms with van der Waals surface area (Å²) in [5.41, 5.74) is 1.04. The van der Waals surface area contributed by atoms with Gasteiger partial charge in [-0.25, -0.2) is 4.99 Å². The standard InChI is InChI=1S/C11H15NS/c1-9(2)13-10(3)12-11-7-5-4-6-8-11/h4-9H,1-3H3. The summed E-state index contributed by atoms with van der Waals surface area (Å²) in [6.45, 7) is 6.40. The number of hydrogen-bond acceptors (Lipinski definition) is 2. The van der Waals surface area contributed by atoms with Crippen LogP contribution in [-0.2, 0) is 0 Å². The molecule has 0 amide bonds. The lowest BCUT2D eigenvalue weighted by atomic mass is 10.3. The quantitative estimate of drug-likeness (QED) is 0.513. The molecule has 2 heteroatoms. The van der Waals surface area contributed by atoms with Crippen LogP contribution >= 0.6 is 11.8 Å². The van der Waals surface area contributed by atoms with Crippen molar-refractivity contribution >= 4 is 22.5 Å². The van der Waals surface area contributed by atoms with Crippen LogP contribution in [0.4, 0.5) is 5.69 Å². The topological polar surface area (TPSA) is 12.4 Å². The Morgan fingerprint density at radius 2 is 1.85 bits per heavy atom. The lowest BCUT2D eigenvalue weighted by Gasteiger charge is -2.03. The number of rotatable bonds is 2. The van der Waals surface area contributed by atoms with Crippen LogP contribution in [0, 0.1) is 0 Å². The first kappa shape index (κ1) is 10.3. The van der Waals surface area contributed by atoms with Crippen molar-refractivity contribution in [2.24, 2.45) is 4.99 Å². The fraction of sp³-hybridized carbons (Fsp3) is 0.364. The highest BCUT2D eigenvalue weighted by Crippen LogP contribution is 2.17. The Hall–Kier alpha value is -0.760. The van der Waals surface area contributed by atoms with Crippen molar-refractivity contribution in [2.75, 3.05) is 0 Å². The van der Waals surface area contributed by atoms with Crippen molar-refractivity contribution in [1.82, 2.24) is 0 Å². The molecule has 0 saturated heterocycles. The maximum atomic E-state index is 4.48. The number of aliphatic imine (C=N–C) groups is 1. The fourth-order valence-electron chi connectivity index (χ4n) is 1.05. The zero-order chi connectivity index (χ0) is 9.68. The van der Waals surface area contributed by atoms with Gasteiger partial charge >= 0.3 is 0 Å². The Bertz CT molecular complexity index is 277. The molecule has 0 N–H and O–H groups in total. The summed E-state index contributed by atoms with van der Waals surface area (Å²) in [6.07, 6.45) is 0. The van der Waals surface area contributed by atoms with Gasteiger partial charge in [-0.1, -0.05) is 32.0 Å². The Balaban J connectivity index is 2.66. The normalized spacial score (nSPS) is 12.2. The second kappa shape index (κ2) is 5.07. The first-order valence-electron chi connectivity index (χ1n) is 4.45. The van der Waals surface area contributed by atoms with E-state index in [1.807, 2.05) is 30.3 Å². The van der Waals surface area contributed by atoms with Gasteiger partial charge in [-0.3, -0.25) is 0 Å². The predicted octanol–water partition coefficient (Wildman–Crippen LogP) is 3.88. The molecular weight excluding hydrogens is 178 g/mol. The van der Waals surface area contributed by atoms with E-state index in [9.17, 15) is 0 Å². The highest BCUT2D eigenvalue weighted by atomic mass is 32.2. The van der Waals surface area contributed by atoms with Crippen molar-refractivity contribution in [3.05, 3.63) is 30.3 Å². The fourth-order valence-corrected chi connectivity index (χ4v) is 1.89. The molecule has 0 bridgehead atoms. The van der Waals surface area contributed by atoms with E-state index in [1.165, 1.54) is 0 Å². The Morgan fingerprint density at radius 3 is 2.38 bits per heavy atom. The van der Waals surface area contributed by atoms with E-state index in [0.717, 1.165) is 10.7 Å². The Morgan fingerprint density at radius 1 is 1.23 bits per heavy atom. The third-order valence-corrected chi connectivity index (χ3v) is 2.35. The van der Waals surface area contributed by atoms with Crippen molar-refractivity contribution < 1.29 is 0 Å². The minimum absolute atomic E-state index is 0.604. The minimum Gasteiger partial charge on any atom is -0.247 e. The summed E-state index contributed by atoms with van der Waals surface area (Å²) < 4.78 is 0. The van der Waals surface area contributed by atoms with E-state index in [4.69, 9.17) is 0 Å². The second-order valence-corrected chi connectivity index (χ2v) is 4.90. The molecule has 1 aromatic carbocycles. The number of benzene rings is 1. The van der Waals surface area contributed by atoms with Gasteiger partial charge in [0.2, 0.25) is 0 Å². The Kier molecular flexibility index (Phi) is 4.03. The molecule has 0 aliphatic rings. The van der Waals surface area contributed by atoms with Gasteiger partial charge in [0.1, 0.15) is 0 Å².